The van der Waals surface area contributed by atoms with Crippen molar-refractivity contribution in [1.29, 1.82) is 0 Å². The predicted molar refractivity (Wildman–Crippen MR) is 76.5 cm³/mol. The number of hydrogen-bond acceptors (Lipinski definition) is 4. The predicted octanol–water partition coefficient (Wildman–Crippen LogP) is 2.36. The van der Waals surface area contributed by atoms with E-state index in [0.717, 1.165) is 18.5 Å². The van der Waals surface area contributed by atoms with Crippen LogP contribution in [0.2, 0.25) is 0 Å². The monoisotopic (exact) mass is 276 g/mol. The number of carbonyl (C=O) groups is 1. The molecule has 0 fully saturated rings. The second-order valence-corrected chi connectivity index (χ2v) is 5.19. The zero-order valence-electron chi connectivity index (χ0n) is 12.1. The van der Waals surface area contributed by atoms with E-state index in [-0.39, 0.29) is 6.61 Å². The molecule has 0 aliphatic heterocycles. The van der Waals surface area contributed by atoms with Crippen molar-refractivity contribution < 1.29 is 14.6 Å². The number of hydrogen-bond donors (Lipinski definition) is 1. The summed E-state index contributed by atoms with van der Waals surface area (Å²) in [5.74, 6) is 0.730. The first-order chi connectivity index (χ1) is 9.58. The molecular weight excluding hydrogens is 256 g/mol. The lowest BCUT2D eigenvalue weighted by Gasteiger charge is -2.09. The van der Waals surface area contributed by atoms with Gasteiger partial charge in [0.2, 0.25) is 0 Å². The number of aryl methyl sites for hydroxylation is 1. The third-order valence-corrected chi connectivity index (χ3v) is 3.33. The SMILES string of the molecule is COC(=O)c1cccc2c1nc(CO)n2CCC(C)C. The number of aromatic nitrogens is 2. The van der Waals surface area contributed by atoms with Crippen molar-refractivity contribution in [3.05, 3.63) is 29.6 Å². The second kappa shape index (κ2) is 6.05. The maximum atomic E-state index is 11.8. The van der Waals surface area contributed by atoms with Crippen LogP contribution in [0.5, 0.6) is 0 Å². The van der Waals surface area contributed by atoms with Gasteiger partial charge in [-0.05, 0) is 24.5 Å². The Morgan fingerprint density at radius 3 is 2.80 bits per heavy atom. The molecule has 108 valence electrons. The van der Waals surface area contributed by atoms with Crippen LogP contribution in [0, 0.1) is 5.92 Å². The van der Waals surface area contributed by atoms with E-state index in [4.69, 9.17) is 4.74 Å². The number of para-hydroxylation sites is 1. The molecule has 20 heavy (non-hydrogen) atoms. The normalized spacial score (nSPS) is 11.2. The number of esters is 1. The molecule has 1 N–H and O–H groups in total. The lowest BCUT2D eigenvalue weighted by atomic mass is 10.1. The van der Waals surface area contributed by atoms with Crippen LogP contribution < -0.4 is 0 Å². The highest BCUT2D eigenvalue weighted by Gasteiger charge is 2.17. The van der Waals surface area contributed by atoms with Gasteiger partial charge in [0.15, 0.2) is 0 Å². The Morgan fingerprint density at radius 1 is 1.45 bits per heavy atom. The largest absolute Gasteiger partial charge is 0.465 e. The summed E-state index contributed by atoms with van der Waals surface area (Å²) < 4.78 is 6.75. The molecule has 1 heterocycles. The minimum Gasteiger partial charge on any atom is -0.465 e. The molecule has 0 aliphatic rings. The number of ether oxygens (including phenoxy) is 1. The minimum atomic E-state index is -0.409. The first-order valence-corrected chi connectivity index (χ1v) is 6.75. The van der Waals surface area contributed by atoms with Crippen molar-refractivity contribution in [2.75, 3.05) is 7.11 Å². The average molecular weight is 276 g/mol. The smallest absolute Gasteiger partial charge is 0.340 e. The van der Waals surface area contributed by atoms with Gasteiger partial charge in [0, 0.05) is 6.54 Å². The highest BCUT2D eigenvalue weighted by atomic mass is 16.5. The quantitative estimate of drug-likeness (QED) is 0.851. The lowest BCUT2D eigenvalue weighted by molar-refractivity contribution is 0.0602. The molecule has 0 radical (unpaired) electrons. The molecule has 0 spiro atoms. The van der Waals surface area contributed by atoms with Crippen LogP contribution in [-0.2, 0) is 17.9 Å². The maximum Gasteiger partial charge on any atom is 0.340 e. The molecule has 1 aromatic heterocycles. The van der Waals surface area contributed by atoms with Gasteiger partial charge in [-0.2, -0.15) is 0 Å². The summed E-state index contributed by atoms with van der Waals surface area (Å²) in [4.78, 5) is 16.2. The number of imidazole rings is 1. The van der Waals surface area contributed by atoms with E-state index < -0.39 is 5.97 Å². The van der Waals surface area contributed by atoms with E-state index in [2.05, 4.69) is 18.8 Å². The second-order valence-electron chi connectivity index (χ2n) is 5.19. The van der Waals surface area contributed by atoms with Gasteiger partial charge in [0.25, 0.3) is 0 Å². The van der Waals surface area contributed by atoms with Gasteiger partial charge in [0.1, 0.15) is 17.9 Å². The molecule has 2 aromatic rings. The van der Waals surface area contributed by atoms with Gasteiger partial charge >= 0.3 is 5.97 Å². The van der Waals surface area contributed by atoms with Gasteiger partial charge in [-0.25, -0.2) is 9.78 Å². The summed E-state index contributed by atoms with van der Waals surface area (Å²) in [7, 11) is 1.35. The zero-order chi connectivity index (χ0) is 14.7. The molecule has 0 bridgehead atoms. The number of benzene rings is 1. The summed E-state index contributed by atoms with van der Waals surface area (Å²) in [5.41, 5.74) is 1.88. The van der Waals surface area contributed by atoms with E-state index in [1.165, 1.54) is 7.11 Å². The lowest BCUT2D eigenvalue weighted by Crippen LogP contribution is -2.06. The first kappa shape index (κ1) is 14.5. The molecule has 5 nitrogen and oxygen atoms in total. The number of rotatable bonds is 5. The highest BCUT2D eigenvalue weighted by Crippen LogP contribution is 2.22. The van der Waals surface area contributed by atoms with Crippen molar-refractivity contribution in [3.8, 4) is 0 Å². The fourth-order valence-corrected chi connectivity index (χ4v) is 2.23. The van der Waals surface area contributed by atoms with Gasteiger partial charge in [-0.1, -0.05) is 19.9 Å². The van der Waals surface area contributed by atoms with Crippen molar-refractivity contribution >= 4 is 17.0 Å². The topological polar surface area (TPSA) is 64.3 Å². The van der Waals surface area contributed by atoms with Gasteiger partial charge < -0.3 is 14.4 Å². The number of aliphatic hydroxyl groups excluding tert-OH is 1. The van der Waals surface area contributed by atoms with Crippen LogP contribution in [0.25, 0.3) is 11.0 Å². The van der Waals surface area contributed by atoms with E-state index in [1.54, 1.807) is 6.07 Å². The molecule has 0 aliphatic carbocycles. The molecule has 0 amide bonds. The number of nitrogens with zero attached hydrogens (tertiary/aromatic N) is 2. The third-order valence-electron chi connectivity index (χ3n) is 3.33. The van der Waals surface area contributed by atoms with Crippen LogP contribution in [0.1, 0.15) is 36.5 Å². The van der Waals surface area contributed by atoms with Crippen molar-refractivity contribution in [2.24, 2.45) is 5.92 Å². The number of aliphatic hydroxyl groups is 1. The minimum absolute atomic E-state index is 0.145. The molecule has 0 saturated heterocycles. The summed E-state index contributed by atoms with van der Waals surface area (Å²) in [5, 5.41) is 9.47. The average Bonchev–Trinajstić information content (AvgIpc) is 2.81. The van der Waals surface area contributed by atoms with E-state index in [1.807, 2.05) is 16.7 Å². The summed E-state index contributed by atoms with van der Waals surface area (Å²) in [6.07, 6.45) is 0.987. The first-order valence-electron chi connectivity index (χ1n) is 6.75. The molecule has 5 heteroatoms. The van der Waals surface area contributed by atoms with Crippen LogP contribution in [-0.4, -0.2) is 27.7 Å². The summed E-state index contributed by atoms with van der Waals surface area (Å²) in [6.45, 7) is 4.93. The van der Waals surface area contributed by atoms with E-state index >= 15 is 0 Å². The molecule has 0 atom stereocenters. The van der Waals surface area contributed by atoms with Crippen LogP contribution in [0.4, 0.5) is 0 Å². The van der Waals surface area contributed by atoms with E-state index in [0.29, 0.717) is 22.8 Å². The van der Waals surface area contributed by atoms with Gasteiger partial charge in [0.05, 0.1) is 18.2 Å². The standard InChI is InChI=1S/C15H20N2O3/c1-10(2)7-8-17-12-6-4-5-11(15(19)20-3)14(12)16-13(17)9-18/h4-6,10,18H,7-9H2,1-3H3. The summed E-state index contributed by atoms with van der Waals surface area (Å²) >= 11 is 0. The Kier molecular flexibility index (Phi) is 4.39. The Morgan fingerprint density at radius 2 is 2.20 bits per heavy atom. The van der Waals surface area contributed by atoms with Gasteiger partial charge in [-0.15, -0.1) is 0 Å². The molecule has 2 rings (SSSR count). The Bertz CT molecular complexity index is 617. The van der Waals surface area contributed by atoms with Crippen LogP contribution >= 0.6 is 0 Å². The zero-order valence-corrected chi connectivity index (χ0v) is 12.1. The Balaban J connectivity index is 2.54. The summed E-state index contributed by atoms with van der Waals surface area (Å²) in [6, 6.07) is 5.41. The van der Waals surface area contributed by atoms with Crippen molar-refractivity contribution in [3.63, 3.8) is 0 Å². The fraction of sp³-hybridized carbons (Fsp3) is 0.467. The van der Waals surface area contributed by atoms with Crippen molar-refractivity contribution in [2.45, 2.75) is 33.4 Å². The third kappa shape index (κ3) is 2.67. The molecule has 1 aromatic carbocycles. The van der Waals surface area contributed by atoms with Crippen molar-refractivity contribution in [1.82, 2.24) is 9.55 Å². The highest BCUT2D eigenvalue weighted by molar-refractivity contribution is 6.02. The van der Waals surface area contributed by atoms with E-state index in [9.17, 15) is 9.90 Å². The van der Waals surface area contributed by atoms with Crippen LogP contribution in [0.15, 0.2) is 18.2 Å². The Labute approximate surface area is 118 Å². The molecular formula is C15H20N2O3. The fourth-order valence-electron chi connectivity index (χ4n) is 2.23. The maximum absolute atomic E-state index is 11.8. The van der Waals surface area contributed by atoms with Crippen LogP contribution in [0.3, 0.4) is 0 Å². The molecule has 0 saturated carbocycles. The number of carbonyl (C=O) groups excluding carboxylic acids is 1. The molecule has 0 unspecified atom stereocenters. The number of methoxy groups -OCH3 is 1. The van der Waals surface area contributed by atoms with Gasteiger partial charge in [-0.3, -0.25) is 0 Å². The number of fused-ring (bicyclic) bond motifs is 1. The Hall–Kier alpha value is -1.88.